The van der Waals surface area contributed by atoms with E-state index in [9.17, 15) is 4.79 Å². The highest BCUT2D eigenvalue weighted by Gasteiger charge is 2.51. The molecule has 0 radical (unpaired) electrons. The van der Waals surface area contributed by atoms with Crippen molar-refractivity contribution < 1.29 is 9.53 Å². The highest BCUT2D eigenvalue weighted by atomic mass is 16.6. The Morgan fingerprint density at radius 2 is 2.27 bits per heavy atom. The summed E-state index contributed by atoms with van der Waals surface area (Å²) in [6, 6.07) is 0. The molecular weight excluding hydrogens is 192 g/mol. The number of nitrogens with two attached hydrogens (primary N) is 1. The lowest BCUT2D eigenvalue weighted by atomic mass is 9.82. The Morgan fingerprint density at radius 3 is 2.80 bits per heavy atom. The van der Waals surface area contributed by atoms with Crippen molar-refractivity contribution in [2.24, 2.45) is 17.1 Å². The van der Waals surface area contributed by atoms with Crippen molar-refractivity contribution in [1.82, 2.24) is 4.90 Å². The molecule has 0 unspecified atom stereocenters. The van der Waals surface area contributed by atoms with Gasteiger partial charge in [-0.1, -0.05) is 0 Å². The summed E-state index contributed by atoms with van der Waals surface area (Å²) in [6.07, 6.45) is 3.52. The second-order valence-electron chi connectivity index (χ2n) is 4.69. The standard InChI is InChI=1S/C11H20N2O2/c1-2-15-10(14)13-6-5-11(3-4-11)9(7-12)8-13/h9H,2-8,12H2,1H3/t9-/m0/s1. The molecule has 1 heterocycles. The molecule has 15 heavy (non-hydrogen) atoms. The zero-order chi connectivity index (χ0) is 10.9. The van der Waals surface area contributed by atoms with E-state index < -0.39 is 0 Å². The average Bonchev–Trinajstić information content (AvgIpc) is 3.00. The van der Waals surface area contributed by atoms with E-state index in [0.717, 1.165) is 19.5 Å². The topological polar surface area (TPSA) is 55.6 Å². The van der Waals surface area contributed by atoms with Crippen LogP contribution in [-0.4, -0.2) is 37.2 Å². The predicted octanol–water partition coefficient (Wildman–Crippen LogP) is 1.20. The molecule has 0 bridgehead atoms. The van der Waals surface area contributed by atoms with Crippen molar-refractivity contribution in [3.63, 3.8) is 0 Å². The van der Waals surface area contributed by atoms with Crippen LogP contribution in [0.3, 0.4) is 0 Å². The number of carbonyl (C=O) groups is 1. The first-order valence-corrected chi connectivity index (χ1v) is 5.83. The Hall–Kier alpha value is -0.770. The molecule has 2 aliphatic rings. The summed E-state index contributed by atoms with van der Waals surface area (Å²) in [5.41, 5.74) is 6.26. The first-order valence-electron chi connectivity index (χ1n) is 5.83. The molecule has 0 aromatic rings. The van der Waals surface area contributed by atoms with Crippen LogP contribution in [0.5, 0.6) is 0 Å². The van der Waals surface area contributed by atoms with Crippen LogP contribution in [0.1, 0.15) is 26.2 Å². The fourth-order valence-electron chi connectivity index (χ4n) is 2.64. The van der Waals surface area contributed by atoms with E-state index in [-0.39, 0.29) is 6.09 Å². The molecule has 1 spiro atoms. The summed E-state index contributed by atoms with van der Waals surface area (Å²) in [5.74, 6) is 0.482. The second-order valence-corrected chi connectivity index (χ2v) is 4.69. The molecule has 1 aliphatic carbocycles. The van der Waals surface area contributed by atoms with Crippen LogP contribution in [0.15, 0.2) is 0 Å². The number of amides is 1. The number of rotatable bonds is 2. The third kappa shape index (κ3) is 1.95. The summed E-state index contributed by atoms with van der Waals surface area (Å²) in [7, 11) is 0. The molecule has 0 aromatic heterocycles. The predicted molar refractivity (Wildman–Crippen MR) is 57.4 cm³/mol. The van der Waals surface area contributed by atoms with E-state index in [0.29, 0.717) is 24.5 Å². The molecule has 2 N–H and O–H groups in total. The Morgan fingerprint density at radius 1 is 1.53 bits per heavy atom. The van der Waals surface area contributed by atoms with Crippen LogP contribution in [-0.2, 0) is 4.74 Å². The fraction of sp³-hybridized carbons (Fsp3) is 0.909. The molecule has 1 amide bonds. The van der Waals surface area contributed by atoms with E-state index in [4.69, 9.17) is 10.5 Å². The van der Waals surface area contributed by atoms with Gasteiger partial charge in [0.25, 0.3) is 0 Å². The van der Waals surface area contributed by atoms with Gasteiger partial charge in [-0.05, 0) is 44.1 Å². The minimum Gasteiger partial charge on any atom is -0.450 e. The van der Waals surface area contributed by atoms with E-state index in [1.165, 1.54) is 12.8 Å². The maximum atomic E-state index is 11.6. The third-order valence-electron chi connectivity index (χ3n) is 3.89. The van der Waals surface area contributed by atoms with Gasteiger partial charge in [-0.25, -0.2) is 4.79 Å². The molecule has 1 aliphatic heterocycles. The van der Waals surface area contributed by atoms with Gasteiger partial charge in [-0.15, -0.1) is 0 Å². The van der Waals surface area contributed by atoms with Crippen molar-refractivity contribution in [2.45, 2.75) is 26.2 Å². The molecular formula is C11H20N2O2. The average molecular weight is 212 g/mol. The van der Waals surface area contributed by atoms with Crippen LogP contribution in [0.2, 0.25) is 0 Å². The number of ether oxygens (including phenoxy) is 1. The van der Waals surface area contributed by atoms with Gasteiger partial charge < -0.3 is 15.4 Å². The van der Waals surface area contributed by atoms with E-state index >= 15 is 0 Å². The summed E-state index contributed by atoms with van der Waals surface area (Å²) in [4.78, 5) is 13.4. The lowest BCUT2D eigenvalue weighted by Crippen LogP contribution is -2.47. The number of hydrogen-bond donors (Lipinski definition) is 1. The van der Waals surface area contributed by atoms with Crippen molar-refractivity contribution in [3.05, 3.63) is 0 Å². The zero-order valence-corrected chi connectivity index (χ0v) is 9.37. The minimum atomic E-state index is -0.175. The van der Waals surface area contributed by atoms with Crippen LogP contribution in [0.4, 0.5) is 4.79 Å². The molecule has 1 saturated heterocycles. The van der Waals surface area contributed by atoms with Crippen molar-refractivity contribution in [2.75, 3.05) is 26.2 Å². The highest BCUT2D eigenvalue weighted by molar-refractivity contribution is 5.67. The maximum absolute atomic E-state index is 11.6. The first-order chi connectivity index (χ1) is 7.22. The van der Waals surface area contributed by atoms with Crippen molar-refractivity contribution in [1.29, 1.82) is 0 Å². The second kappa shape index (κ2) is 4.00. The molecule has 4 nitrogen and oxygen atoms in total. The number of nitrogens with zero attached hydrogens (tertiary/aromatic N) is 1. The van der Waals surface area contributed by atoms with Crippen LogP contribution >= 0.6 is 0 Å². The Kier molecular flexibility index (Phi) is 2.87. The normalized spacial score (nSPS) is 27.9. The molecule has 1 saturated carbocycles. The first kappa shape index (κ1) is 10.7. The number of likely N-dealkylation sites (tertiary alicyclic amines) is 1. The number of piperidine rings is 1. The smallest absolute Gasteiger partial charge is 0.409 e. The van der Waals surface area contributed by atoms with Gasteiger partial charge in [0, 0.05) is 13.1 Å². The lowest BCUT2D eigenvalue weighted by Gasteiger charge is -2.37. The van der Waals surface area contributed by atoms with E-state index in [1.807, 2.05) is 11.8 Å². The summed E-state index contributed by atoms with van der Waals surface area (Å²) < 4.78 is 5.01. The number of hydrogen-bond acceptors (Lipinski definition) is 3. The maximum Gasteiger partial charge on any atom is 0.409 e. The lowest BCUT2D eigenvalue weighted by molar-refractivity contribution is 0.0677. The molecule has 86 valence electrons. The number of carbonyl (C=O) groups excluding carboxylic acids is 1. The molecule has 1 atom stereocenters. The van der Waals surface area contributed by atoms with Crippen LogP contribution in [0.25, 0.3) is 0 Å². The summed E-state index contributed by atoms with van der Waals surface area (Å²) in [6.45, 7) is 4.61. The van der Waals surface area contributed by atoms with E-state index in [1.54, 1.807) is 0 Å². The zero-order valence-electron chi connectivity index (χ0n) is 9.37. The molecule has 4 heteroatoms. The van der Waals surface area contributed by atoms with Gasteiger partial charge in [0.1, 0.15) is 0 Å². The Bertz CT molecular complexity index is 251. The Labute approximate surface area is 90.8 Å². The van der Waals surface area contributed by atoms with E-state index in [2.05, 4.69) is 0 Å². The summed E-state index contributed by atoms with van der Waals surface area (Å²) >= 11 is 0. The monoisotopic (exact) mass is 212 g/mol. The third-order valence-corrected chi connectivity index (χ3v) is 3.89. The Balaban J connectivity index is 1.93. The summed E-state index contributed by atoms with van der Waals surface area (Å²) in [5, 5.41) is 0. The fourth-order valence-corrected chi connectivity index (χ4v) is 2.64. The SMILES string of the molecule is CCOC(=O)N1CCC2(CC2)[C@@H](CN)C1. The van der Waals surface area contributed by atoms with Gasteiger partial charge in [0.05, 0.1) is 6.61 Å². The van der Waals surface area contributed by atoms with Gasteiger partial charge in [0.15, 0.2) is 0 Å². The minimum absolute atomic E-state index is 0.175. The van der Waals surface area contributed by atoms with Crippen LogP contribution in [0, 0.1) is 11.3 Å². The molecule has 2 rings (SSSR count). The molecule has 0 aromatic carbocycles. The quantitative estimate of drug-likeness (QED) is 0.748. The van der Waals surface area contributed by atoms with Crippen molar-refractivity contribution >= 4 is 6.09 Å². The van der Waals surface area contributed by atoms with Gasteiger partial charge >= 0.3 is 6.09 Å². The molecule has 2 fully saturated rings. The van der Waals surface area contributed by atoms with Crippen molar-refractivity contribution in [3.8, 4) is 0 Å². The highest BCUT2D eigenvalue weighted by Crippen LogP contribution is 2.56. The largest absolute Gasteiger partial charge is 0.450 e. The van der Waals surface area contributed by atoms with Gasteiger partial charge in [-0.3, -0.25) is 0 Å². The van der Waals surface area contributed by atoms with Gasteiger partial charge in [0.2, 0.25) is 0 Å². The van der Waals surface area contributed by atoms with Crippen LogP contribution < -0.4 is 5.73 Å². The van der Waals surface area contributed by atoms with Gasteiger partial charge in [-0.2, -0.15) is 0 Å².